The average Bonchev–Trinajstić information content (AvgIpc) is 2.75. The lowest BCUT2D eigenvalue weighted by atomic mass is 10.2. The molecule has 1 saturated heterocycles. The first-order valence-electron chi connectivity index (χ1n) is 9.56. The number of piperazine rings is 1. The molecule has 0 radical (unpaired) electrons. The van der Waals surface area contributed by atoms with Crippen LogP contribution in [0.1, 0.15) is 15.9 Å². The Bertz CT molecular complexity index is 1200. The van der Waals surface area contributed by atoms with E-state index in [1.54, 1.807) is 13.0 Å². The number of amides is 1. The Morgan fingerprint density at radius 1 is 0.968 bits per heavy atom. The molecule has 3 rings (SSSR count). The summed E-state index contributed by atoms with van der Waals surface area (Å²) in [5, 5.41) is 10.00. The number of rotatable bonds is 5. The summed E-state index contributed by atoms with van der Waals surface area (Å²) < 4.78 is 52.8. The van der Waals surface area contributed by atoms with E-state index in [1.807, 2.05) is 0 Å². The van der Waals surface area contributed by atoms with Crippen molar-refractivity contribution in [2.45, 2.75) is 16.7 Å². The maximum absolute atomic E-state index is 12.9. The van der Waals surface area contributed by atoms with Gasteiger partial charge in [0.25, 0.3) is 5.91 Å². The van der Waals surface area contributed by atoms with Gasteiger partial charge in [0, 0.05) is 45.8 Å². The van der Waals surface area contributed by atoms with Crippen LogP contribution in [0.3, 0.4) is 0 Å². The maximum Gasteiger partial charge on any atom is 0.253 e. The lowest BCUT2D eigenvalue weighted by Gasteiger charge is -2.34. The highest BCUT2D eigenvalue weighted by molar-refractivity contribution is 7.89. The fourth-order valence-corrected chi connectivity index (χ4v) is 5.82. The van der Waals surface area contributed by atoms with Crippen molar-refractivity contribution in [1.29, 1.82) is 0 Å². The third-order valence-corrected chi connectivity index (χ3v) is 8.86. The second-order valence-corrected chi connectivity index (χ2v) is 11.5. The number of aryl methyl sites for hydroxylation is 1. The zero-order chi connectivity index (χ0) is 23.0. The van der Waals surface area contributed by atoms with E-state index in [1.165, 1.54) is 59.7 Å². The molecule has 2 aromatic carbocycles. The molecule has 1 aliphatic rings. The fraction of sp³-hybridized carbons (Fsp3) is 0.350. The standard InChI is InChI=1S/C20H25N3O6S2/c1-15-7-8-18(24)19(13-15)31(28,29)23-11-9-22(10-12-23)20(25)16-5-4-6-17(14-16)30(26,27)21(2)3/h4-8,13-14,24H,9-12H2,1-3H3. The van der Waals surface area contributed by atoms with Crippen LogP contribution in [0, 0.1) is 6.92 Å². The number of aromatic hydroxyl groups is 1. The van der Waals surface area contributed by atoms with Crippen LogP contribution < -0.4 is 0 Å². The Labute approximate surface area is 182 Å². The van der Waals surface area contributed by atoms with Gasteiger partial charge in [0.15, 0.2) is 0 Å². The van der Waals surface area contributed by atoms with Crippen LogP contribution >= 0.6 is 0 Å². The molecule has 11 heteroatoms. The van der Waals surface area contributed by atoms with Gasteiger partial charge in [-0.15, -0.1) is 0 Å². The van der Waals surface area contributed by atoms with Gasteiger partial charge in [-0.3, -0.25) is 4.79 Å². The Hall–Kier alpha value is -2.47. The largest absolute Gasteiger partial charge is 0.507 e. The van der Waals surface area contributed by atoms with Gasteiger partial charge in [-0.25, -0.2) is 21.1 Å². The van der Waals surface area contributed by atoms with E-state index in [0.29, 0.717) is 5.56 Å². The minimum atomic E-state index is -3.90. The summed E-state index contributed by atoms with van der Waals surface area (Å²) in [6.45, 7) is 2.17. The Morgan fingerprint density at radius 3 is 2.23 bits per heavy atom. The van der Waals surface area contributed by atoms with E-state index >= 15 is 0 Å². The molecule has 2 aromatic rings. The van der Waals surface area contributed by atoms with Crippen LogP contribution in [0.2, 0.25) is 0 Å². The molecule has 0 unspecified atom stereocenters. The monoisotopic (exact) mass is 467 g/mol. The first-order valence-corrected chi connectivity index (χ1v) is 12.4. The normalized spacial score (nSPS) is 15.9. The Balaban J connectivity index is 1.76. The molecule has 0 aliphatic carbocycles. The summed E-state index contributed by atoms with van der Waals surface area (Å²) >= 11 is 0. The third kappa shape index (κ3) is 4.59. The molecule has 31 heavy (non-hydrogen) atoms. The SMILES string of the molecule is Cc1ccc(O)c(S(=O)(=O)N2CCN(C(=O)c3cccc(S(=O)(=O)N(C)C)c3)CC2)c1. The molecule has 1 aliphatic heterocycles. The van der Waals surface area contributed by atoms with Crippen LogP contribution in [0.15, 0.2) is 52.3 Å². The maximum atomic E-state index is 12.9. The van der Waals surface area contributed by atoms with Gasteiger partial charge >= 0.3 is 0 Å². The number of hydrogen-bond donors (Lipinski definition) is 1. The van der Waals surface area contributed by atoms with Crippen LogP contribution in [0.5, 0.6) is 5.75 Å². The minimum absolute atomic E-state index is 0.0134. The van der Waals surface area contributed by atoms with Crippen molar-refractivity contribution in [2.75, 3.05) is 40.3 Å². The Morgan fingerprint density at radius 2 is 1.61 bits per heavy atom. The van der Waals surface area contributed by atoms with E-state index < -0.39 is 20.0 Å². The van der Waals surface area contributed by atoms with Crippen molar-refractivity contribution in [3.05, 3.63) is 53.6 Å². The number of phenols is 1. The summed E-state index contributed by atoms with van der Waals surface area (Å²) in [6, 6.07) is 10.2. The van der Waals surface area contributed by atoms with Gasteiger partial charge in [0.05, 0.1) is 4.90 Å². The van der Waals surface area contributed by atoms with Crippen LogP contribution in [-0.4, -0.2) is 81.6 Å². The summed E-state index contributed by atoms with van der Waals surface area (Å²) in [4.78, 5) is 14.2. The summed E-state index contributed by atoms with van der Waals surface area (Å²) in [6.07, 6.45) is 0. The lowest BCUT2D eigenvalue weighted by Crippen LogP contribution is -2.50. The Kier molecular flexibility index (Phi) is 6.42. The summed E-state index contributed by atoms with van der Waals surface area (Å²) in [5.74, 6) is -0.686. The zero-order valence-electron chi connectivity index (χ0n) is 17.5. The molecule has 1 fully saturated rings. The molecule has 0 bridgehead atoms. The van der Waals surface area contributed by atoms with Crippen molar-refractivity contribution < 1.29 is 26.7 Å². The average molecular weight is 468 g/mol. The molecule has 0 spiro atoms. The van der Waals surface area contributed by atoms with Crippen molar-refractivity contribution in [3.63, 3.8) is 0 Å². The van der Waals surface area contributed by atoms with E-state index in [9.17, 15) is 26.7 Å². The molecular formula is C20H25N3O6S2. The van der Waals surface area contributed by atoms with Crippen molar-refractivity contribution in [3.8, 4) is 5.75 Å². The highest BCUT2D eigenvalue weighted by Gasteiger charge is 2.32. The van der Waals surface area contributed by atoms with Gasteiger partial charge in [-0.05, 0) is 42.8 Å². The van der Waals surface area contributed by atoms with Crippen LogP contribution in [0.4, 0.5) is 0 Å². The molecule has 1 N–H and O–H groups in total. The molecule has 1 amide bonds. The summed E-state index contributed by atoms with van der Waals surface area (Å²) in [7, 11) is -4.76. The first-order chi connectivity index (χ1) is 14.4. The topological polar surface area (TPSA) is 115 Å². The fourth-order valence-electron chi connectivity index (χ4n) is 3.28. The second-order valence-electron chi connectivity index (χ2n) is 7.48. The third-order valence-electron chi connectivity index (χ3n) is 5.12. The number of sulfonamides is 2. The van der Waals surface area contributed by atoms with Crippen molar-refractivity contribution >= 4 is 26.0 Å². The number of carbonyl (C=O) groups excluding carboxylic acids is 1. The molecule has 0 atom stereocenters. The quantitative estimate of drug-likeness (QED) is 0.704. The number of benzene rings is 2. The van der Waals surface area contributed by atoms with Crippen LogP contribution in [0.25, 0.3) is 0 Å². The highest BCUT2D eigenvalue weighted by Crippen LogP contribution is 2.27. The number of hydrogen-bond acceptors (Lipinski definition) is 6. The summed E-state index contributed by atoms with van der Waals surface area (Å²) in [5.41, 5.74) is 0.924. The van der Waals surface area contributed by atoms with Gasteiger partial charge in [0.2, 0.25) is 20.0 Å². The van der Waals surface area contributed by atoms with E-state index in [4.69, 9.17) is 0 Å². The number of phenolic OH excluding ortho intramolecular Hbond substituents is 1. The van der Waals surface area contributed by atoms with Gasteiger partial charge < -0.3 is 10.0 Å². The zero-order valence-corrected chi connectivity index (χ0v) is 19.1. The highest BCUT2D eigenvalue weighted by atomic mass is 32.2. The van der Waals surface area contributed by atoms with Crippen LogP contribution in [-0.2, 0) is 20.0 Å². The van der Waals surface area contributed by atoms with Crippen molar-refractivity contribution in [2.24, 2.45) is 0 Å². The first kappa shape index (κ1) is 23.2. The molecule has 0 aromatic heterocycles. The number of carbonyl (C=O) groups is 1. The molecule has 168 valence electrons. The van der Waals surface area contributed by atoms with Crippen molar-refractivity contribution in [1.82, 2.24) is 13.5 Å². The van der Waals surface area contributed by atoms with Gasteiger partial charge in [-0.2, -0.15) is 4.31 Å². The number of nitrogens with zero attached hydrogens (tertiary/aromatic N) is 3. The predicted molar refractivity (Wildman–Crippen MR) is 115 cm³/mol. The predicted octanol–water partition coefficient (Wildman–Crippen LogP) is 1.10. The van der Waals surface area contributed by atoms with Gasteiger partial charge in [0.1, 0.15) is 10.6 Å². The van der Waals surface area contributed by atoms with E-state index in [-0.39, 0.29) is 53.2 Å². The molecule has 9 nitrogen and oxygen atoms in total. The molecule has 0 saturated carbocycles. The minimum Gasteiger partial charge on any atom is -0.507 e. The molecule has 1 heterocycles. The van der Waals surface area contributed by atoms with E-state index in [2.05, 4.69) is 0 Å². The van der Waals surface area contributed by atoms with Gasteiger partial charge in [-0.1, -0.05) is 12.1 Å². The molecular weight excluding hydrogens is 442 g/mol. The lowest BCUT2D eigenvalue weighted by molar-refractivity contribution is 0.0697. The van der Waals surface area contributed by atoms with E-state index in [0.717, 1.165) is 4.31 Å². The second kappa shape index (κ2) is 8.58. The smallest absolute Gasteiger partial charge is 0.253 e.